The van der Waals surface area contributed by atoms with Crippen LogP contribution in [-0.2, 0) is 9.59 Å². The fraction of sp³-hybridized carbons (Fsp3) is 0.818. The number of aliphatic carboxylic acids is 1. The number of amides is 1. The Hall–Kier alpha value is -1.10. The Kier molecular flexibility index (Phi) is 2.88. The number of nitrogens with zero attached hydrogens (tertiary/aromatic N) is 2. The highest BCUT2D eigenvalue weighted by molar-refractivity contribution is 5.89. The molecule has 16 heavy (non-hydrogen) atoms. The van der Waals surface area contributed by atoms with E-state index in [2.05, 4.69) is 11.8 Å². The van der Waals surface area contributed by atoms with Crippen molar-refractivity contribution >= 4 is 11.9 Å². The van der Waals surface area contributed by atoms with Crippen LogP contribution >= 0.6 is 0 Å². The maximum Gasteiger partial charge on any atom is 0.307 e. The van der Waals surface area contributed by atoms with E-state index in [1.807, 2.05) is 11.9 Å². The van der Waals surface area contributed by atoms with Crippen molar-refractivity contribution < 1.29 is 14.7 Å². The molecule has 0 bridgehead atoms. The molecule has 5 nitrogen and oxygen atoms in total. The summed E-state index contributed by atoms with van der Waals surface area (Å²) in [6.45, 7) is 4.40. The molecule has 0 spiro atoms. The fourth-order valence-electron chi connectivity index (χ4n) is 2.22. The Morgan fingerprint density at radius 1 is 1.25 bits per heavy atom. The minimum Gasteiger partial charge on any atom is -0.481 e. The average Bonchev–Trinajstić information content (AvgIpc) is 3.01. The molecule has 0 aromatic heterocycles. The van der Waals surface area contributed by atoms with Crippen molar-refractivity contribution in [3.05, 3.63) is 0 Å². The van der Waals surface area contributed by atoms with Crippen LogP contribution in [-0.4, -0.2) is 59.5 Å². The summed E-state index contributed by atoms with van der Waals surface area (Å²) in [5.74, 6) is -1.48. The summed E-state index contributed by atoms with van der Waals surface area (Å²) in [4.78, 5) is 26.7. The van der Waals surface area contributed by atoms with Gasteiger partial charge in [0.15, 0.2) is 0 Å². The summed E-state index contributed by atoms with van der Waals surface area (Å²) >= 11 is 0. The second-order valence-corrected chi connectivity index (χ2v) is 4.90. The first-order valence-electron chi connectivity index (χ1n) is 5.72. The third-order valence-electron chi connectivity index (χ3n) is 3.70. The van der Waals surface area contributed by atoms with Gasteiger partial charge in [-0.05, 0) is 20.4 Å². The first-order chi connectivity index (χ1) is 7.50. The third kappa shape index (κ3) is 2.04. The van der Waals surface area contributed by atoms with Crippen LogP contribution in [0.3, 0.4) is 0 Å². The summed E-state index contributed by atoms with van der Waals surface area (Å²) in [6.07, 6.45) is 0.523. The lowest BCUT2D eigenvalue weighted by Gasteiger charge is -2.37. The average molecular weight is 226 g/mol. The van der Waals surface area contributed by atoms with Gasteiger partial charge in [-0.15, -0.1) is 0 Å². The first-order valence-corrected chi connectivity index (χ1v) is 5.72. The van der Waals surface area contributed by atoms with Gasteiger partial charge in [-0.25, -0.2) is 0 Å². The van der Waals surface area contributed by atoms with Crippen LogP contribution in [0.15, 0.2) is 0 Å². The van der Waals surface area contributed by atoms with Gasteiger partial charge < -0.3 is 14.9 Å². The summed E-state index contributed by atoms with van der Waals surface area (Å²) in [6, 6.07) is 0.361. The molecule has 1 saturated heterocycles. The predicted octanol–water partition coefficient (Wildman–Crippen LogP) is -0.130. The van der Waals surface area contributed by atoms with Crippen molar-refractivity contribution in [3.63, 3.8) is 0 Å². The van der Waals surface area contributed by atoms with Gasteiger partial charge in [-0.3, -0.25) is 9.59 Å². The van der Waals surface area contributed by atoms with Gasteiger partial charge >= 0.3 is 5.97 Å². The SMILES string of the molecule is CC1CN(C(=O)C2CC2C(=O)O)CCN1C. The molecule has 2 fully saturated rings. The van der Waals surface area contributed by atoms with Crippen LogP contribution in [0.5, 0.6) is 0 Å². The van der Waals surface area contributed by atoms with E-state index in [1.165, 1.54) is 0 Å². The molecule has 5 heteroatoms. The number of hydrogen-bond donors (Lipinski definition) is 1. The lowest BCUT2D eigenvalue weighted by atomic mass is 10.2. The minimum absolute atomic E-state index is 0.0346. The Morgan fingerprint density at radius 3 is 2.44 bits per heavy atom. The summed E-state index contributed by atoms with van der Waals surface area (Å²) in [7, 11) is 2.05. The number of carbonyl (C=O) groups excluding carboxylic acids is 1. The second-order valence-electron chi connectivity index (χ2n) is 4.90. The summed E-state index contributed by atoms with van der Waals surface area (Å²) in [5.41, 5.74) is 0. The zero-order valence-corrected chi connectivity index (χ0v) is 9.72. The van der Waals surface area contributed by atoms with Gasteiger partial charge in [-0.2, -0.15) is 0 Å². The number of piperazine rings is 1. The van der Waals surface area contributed by atoms with Crippen LogP contribution in [0.4, 0.5) is 0 Å². The van der Waals surface area contributed by atoms with Gasteiger partial charge in [-0.1, -0.05) is 0 Å². The van der Waals surface area contributed by atoms with E-state index in [1.54, 1.807) is 0 Å². The van der Waals surface area contributed by atoms with Crippen molar-refractivity contribution in [3.8, 4) is 0 Å². The Bertz CT molecular complexity index is 318. The summed E-state index contributed by atoms with van der Waals surface area (Å²) in [5, 5.41) is 8.79. The standard InChI is InChI=1S/C11H18N2O3/c1-7-6-13(4-3-12(7)2)10(14)8-5-9(8)11(15)16/h7-9H,3-6H2,1-2H3,(H,15,16). The highest BCUT2D eigenvalue weighted by Gasteiger charge is 2.50. The van der Waals surface area contributed by atoms with Crippen molar-refractivity contribution in [2.75, 3.05) is 26.7 Å². The molecule has 0 aromatic rings. The molecule has 90 valence electrons. The van der Waals surface area contributed by atoms with Gasteiger partial charge in [0.2, 0.25) is 5.91 Å². The molecule has 3 atom stereocenters. The molecule has 1 N–H and O–H groups in total. The van der Waals surface area contributed by atoms with Crippen LogP contribution in [0, 0.1) is 11.8 Å². The van der Waals surface area contributed by atoms with E-state index in [4.69, 9.17) is 5.11 Å². The molecule has 1 heterocycles. The predicted molar refractivity (Wildman–Crippen MR) is 57.9 cm³/mol. The Balaban J connectivity index is 1.90. The Labute approximate surface area is 95.0 Å². The largest absolute Gasteiger partial charge is 0.481 e. The second kappa shape index (κ2) is 4.05. The molecule has 1 amide bonds. The molecule has 1 aliphatic heterocycles. The number of hydrogen-bond acceptors (Lipinski definition) is 3. The van der Waals surface area contributed by atoms with E-state index in [0.717, 1.165) is 19.6 Å². The van der Waals surface area contributed by atoms with Crippen molar-refractivity contribution in [2.45, 2.75) is 19.4 Å². The van der Waals surface area contributed by atoms with Crippen molar-refractivity contribution in [1.29, 1.82) is 0 Å². The lowest BCUT2D eigenvalue weighted by Crippen LogP contribution is -2.52. The normalized spacial score (nSPS) is 34.9. The number of likely N-dealkylation sites (N-methyl/N-ethyl adjacent to an activating group) is 1. The van der Waals surface area contributed by atoms with Gasteiger partial charge in [0.1, 0.15) is 0 Å². The van der Waals surface area contributed by atoms with Gasteiger partial charge in [0.05, 0.1) is 11.8 Å². The lowest BCUT2D eigenvalue weighted by molar-refractivity contribution is -0.142. The quantitative estimate of drug-likeness (QED) is 0.712. The van der Waals surface area contributed by atoms with Crippen LogP contribution < -0.4 is 0 Å². The van der Waals surface area contributed by atoms with Crippen LogP contribution in [0.25, 0.3) is 0 Å². The maximum absolute atomic E-state index is 12.0. The molecule has 0 aromatic carbocycles. The van der Waals surface area contributed by atoms with Crippen molar-refractivity contribution in [2.24, 2.45) is 11.8 Å². The number of rotatable bonds is 2. The van der Waals surface area contributed by atoms with E-state index in [0.29, 0.717) is 12.5 Å². The molecule has 2 rings (SSSR count). The van der Waals surface area contributed by atoms with Gasteiger partial charge in [0.25, 0.3) is 0 Å². The summed E-state index contributed by atoms with van der Waals surface area (Å²) < 4.78 is 0. The highest BCUT2D eigenvalue weighted by atomic mass is 16.4. The van der Waals surface area contributed by atoms with Gasteiger partial charge in [0, 0.05) is 25.7 Å². The number of carboxylic acids is 1. The monoisotopic (exact) mass is 226 g/mol. The molecular formula is C11H18N2O3. The van der Waals surface area contributed by atoms with E-state index >= 15 is 0 Å². The zero-order chi connectivity index (χ0) is 11.9. The number of carbonyl (C=O) groups is 2. The molecule has 1 aliphatic carbocycles. The molecular weight excluding hydrogens is 208 g/mol. The van der Waals surface area contributed by atoms with Crippen LogP contribution in [0.1, 0.15) is 13.3 Å². The molecule has 1 saturated carbocycles. The minimum atomic E-state index is -0.833. The third-order valence-corrected chi connectivity index (χ3v) is 3.70. The molecule has 3 unspecified atom stereocenters. The molecule has 2 aliphatic rings. The first kappa shape index (κ1) is 11.4. The highest BCUT2D eigenvalue weighted by Crippen LogP contribution is 2.40. The fourth-order valence-corrected chi connectivity index (χ4v) is 2.22. The maximum atomic E-state index is 12.0. The van der Waals surface area contributed by atoms with Crippen molar-refractivity contribution in [1.82, 2.24) is 9.80 Å². The molecule has 0 radical (unpaired) electrons. The Morgan fingerprint density at radius 2 is 1.94 bits per heavy atom. The number of carboxylic acid groups (broad SMARTS) is 1. The smallest absolute Gasteiger partial charge is 0.307 e. The topological polar surface area (TPSA) is 60.9 Å². The van der Waals surface area contributed by atoms with E-state index in [-0.39, 0.29) is 11.8 Å². The van der Waals surface area contributed by atoms with Crippen LogP contribution in [0.2, 0.25) is 0 Å². The van der Waals surface area contributed by atoms with E-state index in [9.17, 15) is 9.59 Å². The van der Waals surface area contributed by atoms with E-state index < -0.39 is 11.9 Å². The zero-order valence-electron chi connectivity index (χ0n) is 9.72.